The number of carbonyl (C=O) groups excluding carboxylic acids is 1. The first-order chi connectivity index (χ1) is 14.0. The van der Waals surface area contributed by atoms with Crippen LogP contribution in [-0.2, 0) is 6.42 Å². The van der Waals surface area contributed by atoms with E-state index in [2.05, 4.69) is 35.2 Å². The first kappa shape index (κ1) is 19.1. The summed E-state index contributed by atoms with van der Waals surface area (Å²) >= 11 is 1.67. The molecule has 0 radical (unpaired) electrons. The minimum atomic E-state index is -0.530. The molecular weight excluding hydrogens is 382 g/mol. The highest BCUT2D eigenvalue weighted by molar-refractivity contribution is 7.15. The molecule has 0 aliphatic heterocycles. The lowest BCUT2D eigenvalue weighted by atomic mass is 10.0. The summed E-state index contributed by atoms with van der Waals surface area (Å²) in [5, 5.41) is 4.36. The van der Waals surface area contributed by atoms with E-state index in [4.69, 9.17) is 5.73 Å². The van der Waals surface area contributed by atoms with E-state index >= 15 is 0 Å². The van der Waals surface area contributed by atoms with Crippen molar-refractivity contribution in [3.8, 4) is 11.1 Å². The number of benzene rings is 1. The number of primary amides is 1. The Morgan fingerprint density at radius 1 is 1.28 bits per heavy atom. The first-order valence-electron chi connectivity index (χ1n) is 9.61. The van der Waals surface area contributed by atoms with Crippen molar-refractivity contribution in [1.82, 2.24) is 14.4 Å². The Kier molecular flexibility index (Phi) is 5.31. The lowest BCUT2D eigenvalue weighted by Gasteiger charge is -2.09. The molecule has 0 bridgehead atoms. The Labute approximate surface area is 173 Å². The summed E-state index contributed by atoms with van der Waals surface area (Å²) in [5.74, 6) is -0.530. The molecule has 3 N–H and O–H groups in total. The van der Waals surface area contributed by atoms with Gasteiger partial charge in [-0.1, -0.05) is 37.3 Å². The SMILES string of the molecule is CCC(C)Nc1ncc(Cc2cc(-c3ccccc3)c3nc(C(N)=O)cn3c2)s1. The number of hydrogen-bond acceptors (Lipinski definition) is 5. The smallest absolute Gasteiger partial charge is 0.268 e. The number of nitrogens with one attached hydrogen (secondary N) is 1. The van der Waals surface area contributed by atoms with Gasteiger partial charge in [-0.2, -0.15) is 0 Å². The third-order valence-corrected chi connectivity index (χ3v) is 5.79. The van der Waals surface area contributed by atoms with E-state index in [-0.39, 0.29) is 5.69 Å². The molecule has 7 heteroatoms. The van der Waals surface area contributed by atoms with Gasteiger partial charge in [0.05, 0.1) is 0 Å². The molecule has 1 atom stereocenters. The van der Waals surface area contributed by atoms with E-state index in [0.717, 1.165) is 40.3 Å². The topological polar surface area (TPSA) is 85.3 Å². The van der Waals surface area contributed by atoms with Crippen LogP contribution in [0.2, 0.25) is 0 Å². The molecule has 3 heterocycles. The fraction of sp³-hybridized carbons (Fsp3) is 0.227. The molecular formula is C22H23N5OS. The van der Waals surface area contributed by atoms with Crippen molar-refractivity contribution in [2.24, 2.45) is 5.73 Å². The summed E-state index contributed by atoms with van der Waals surface area (Å²) in [6.07, 6.45) is 7.41. The Balaban J connectivity index is 1.72. The van der Waals surface area contributed by atoms with Gasteiger partial charge in [0.1, 0.15) is 11.3 Å². The highest BCUT2D eigenvalue weighted by atomic mass is 32.1. The summed E-state index contributed by atoms with van der Waals surface area (Å²) < 4.78 is 1.89. The van der Waals surface area contributed by atoms with Crippen LogP contribution >= 0.6 is 11.3 Å². The first-order valence-corrected chi connectivity index (χ1v) is 10.4. The molecule has 0 fully saturated rings. The molecule has 0 aliphatic carbocycles. The fourth-order valence-electron chi connectivity index (χ4n) is 3.17. The normalized spacial score (nSPS) is 12.2. The van der Waals surface area contributed by atoms with Crippen LogP contribution in [0.4, 0.5) is 5.13 Å². The highest BCUT2D eigenvalue weighted by Crippen LogP contribution is 2.28. The van der Waals surface area contributed by atoms with E-state index < -0.39 is 5.91 Å². The molecule has 0 aliphatic rings. The summed E-state index contributed by atoms with van der Waals surface area (Å²) in [6.45, 7) is 4.30. The van der Waals surface area contributed by atoms with Gasteiger partial charge in [0.25, 0.3) is 5.91 Å². The molecule has 1 aromatic carbocycles. The quantitative estimate of drug-likeness (QED) is 0.478. The van der Waals surface area contributed by atoms with Crippen LogP contribution in [0, 0.1) is 0 Å². The number of amides is 1. The van der Waals surface area contributed by atoms with Crippen LogP contribution in [0.15, 0.2) is 55.0 Å². The molecule has 29 heavy (non-hydrogen) atoms. The number of carbonyl (C=O) groups is 1. The van der Waals surface area contributed by atoms with Crippen molar-refractivity contribution >= 4 is 28.0 Å². The zero-order chi connectivity index (χ0) is 20.4. The number of pyridine rings is 1. The predicted octanol–water partition coefficient (Wildman–Crippen LogP) is 4.36. The van der Waals surface area contributed by atoms with Gasteiger partial charge in [-0.25, -0.2) is 9.97 Å². The number of rotatable bonds is 7. The number of fused-ring (bicyclic) bond motifs is 1. The maximum Gasteiger partial charge on any atom is 0.268 e. The van der Waals surface area contributed by atoms with Gasteiger partial charge < -0.3 is 15.5 Å². The fourth-order valence-corrected chi connectivity index (χ4v) is 4.13. The van der Waals surface area contributed by atoms with Crippen LogP contribution in [0.1, 0.15) is 41.2 Å². The van der Waals surface area contributed by atoms with E-state index in [0.29, 0.717) is 6.04 Å². The second kappa shape index (κ2) is 8.05. The molecule has 148 valence electrons. The average molecular weight is 406 g/mol. The van der Waals surface area contributed by atoms with Crippen LogP contribution in [0.25, 0.3) is 16.8 Å². The lowest BCUT2D eigenvalue weighted by Crippen LogP contribution is -2.12. The number of nitrogens with zero attached hydrogens (tertiary/aromatic N) is 3. The highest BCUT2D eigenvalue weighted by Gasteiger charge is 2.14. The van der Waals surface area contributed by atoms with E-state index in [1.165, 1.54) is 4.88 Å². The molecule has 0 saturated carbocycles. The second-order valence-electron chi connectivity index (χ2n) is 7.11. The molecule has 1 unspecified atom stereocenters. The average Bonchev–Trinajstić information content (AvgIpc) is 3.35. The summed E-state index contributed by atoms with van der Waals surface area (Å²) in [7, 11) is 0. The largest absolute Gasteiger partial charge is 0.364 e. The Bertz CT molecular complexity index is 1150. The summed E-state index contributed by atoms with van der Waals surface area (Å²) in [4.78, 5) is 21.8. The Hall–Kier alpha value is -3.19. The zero-order valence-electron chi connectivity index (χ0n) is 16.4. The van der Waals surface area contributed by atoms with Crippen molar-refractivity contribution in [1.29, 1.82) is 0 Å². The van der Waals surface area contributed by atoms with Crippen molar-refractivity contribution in [2.75, 3.05) is 5.32 Å². The van der Waals surface area contributed by atoms with Gasteiger partial charge in [-0.15, -0.1) is 11.3 Å². The molecule has 4 aromatic rings. The minimum Gasteiger partial charge on any atom is -0.364 e. The monoisotopic (exact) mass is 405 g/mol. The van der Waals surface area contributed by atoms with Crippen LogP contribution in [0.3, 0.4) is 0 Å². The predicted molar refractivity (Wildman–Crippen MR) is 117 cm³/mol. The number of hydrogen-bond donors (Lipinski definition) is 2. The van der Waals surface area contributed by atoms with Crippen molar-refractivity contribution in [2.45, 2.75) is 32.7 Å². The number of aromatic nitrogens is 3. The number of imidazole rings is 1. The van der Waals surface area contributed by atoms with E-state index in [1.54, 1.807) is 17.5 Å². The van der Waals surface area contributed by atoms with Gasteiger partial charge in [0.15, 0.2) is 5.13 Å². The minimum absolute atomic E-state index is 0.261. The molecule has 1 amide bonds. The number of anilines is 1. The molecule has 3 aromatic heterocycles. The van der Waals surface area contributed by atoms with Gasteiger partial charge in [0, 0.05) is 41.5 Å². The van der Waals surface area contributed by atoms with Crippen LogP contribution in [0.5, 0.6) is 0 Å². The van der Waals surface area contributed by atoms with Gasteiger partial charge in [-0.05, 0) is 30.5 Å². The molecule has 0 spiro atoms. The van der Waals surface area contributed by atoms with E-state index in [9.17, 15) is 4.79 Å². The molecule has 6 nitrogen and oxygen atoms in total. The second-order valence-corrected chi connectivity index (χ2v) is 8.23. The summed E-state index contributed by atoms with van der Waals surface area (Å²) in [6, 6.07) is 12.6. The third-order valence-electron chi connectivity index (χ3n) is 4.86. The van der Waals surface area contributed by atoms with Crippen molar-refractivity contribution in [3.05, 3.63) is 71.1 Å². The Morgan fingerprint density at radius 2 is 2.07 bits per heavy atom. The van der Waals surface area contributed by atoms with Crippen LogP contribution < -0.4 is 11.1 Å². The number of thiazole rings is 1. The van der Waals surface area contributed by atoms with Crippen molar-refractivity contribution in [3.63, 3.8) is 0 Å². The maximum atomic E-state index is 11.6. The number of nitrogens with two attached hydrogens (primary N) is 1. The Morgan fingerprint density at radius 3 is 2.79 bits per heavy atom. The zero-order valence-corrected chi connectivity index (χ0v) is 17.2. The molecule has 4 rings (SSSR count). The summed E-state index contributed by atoms with van der Waals surface area (Å²) in [5.41, 5.74) is 9.56. The third kappa shape index (κ3) is 4.14. The molecule has 0 saturated heterocycles. The maximum absolute atomic E-state index is 11.6. The van der Waals surface area contributed by atoms with Gasteiger partial charge >= 0.3 is 0 Å². The van der Waals surface area contributed by atoms with Gasteiger partial charge in [0.2, 0.25) is 0 Å². The van der Waals surface area contributed by atoms with E-state index in [1.807, 2.05) is 47.1 Å². The standard InChI is InChI=1S/C22H23N5OS/c1-3-14(2)25-22-24-11-17(29-22)9-15-10-18(16-7-5-4-6-8-16)21-26-19(20(23)28)13-27(21)12-15/h4-8,10-14H,3,9H2,1-2H3,(H2,23,28)(H,24,25). The van der Waals surface area contributed by atoms with Crippen LogP contribution in [-0.4, -0.2) is 26.3 Å². The lowest BCUT2D eigenvalue weighted by molar-refractivity contribution is 0.0996. The van der Waals surface area contributed by atoms with Gasteiger partial charge in [-0.3, -0.25) is 4.79 Å². The van der Waals surface area contributed by atoms with Crippen molar-refractivity contribution < 1.29 is 4.79 Å².